The predicted molar refractivity (Wildman–Crippen MR) is 231 cm³/mol. The zero-order valence-electron chi connectivity index (χ0n) is 39.8. The van der Waals surface area contributed by atoms with Crippen molar-refractivity contribution in [1.82, 2.24) is 0 Å². The number of carbonyl (C=O) groups is 1. The van der Waals surface area contributed by atoms with E-state index in [1.807, 2.05) is 6.92 Å². The number of esters is 1. The van der Waals surface area contributed by atoms with Crippen LogP contribution >= 0.6 is 0 Å². The number of allylic oxidation sites excluding steroid dienone is 2. The Morgan fingerprint density at radius 2 is 1.34 bits per heavy atom. The standard InChI is InChI=1S/C48H78O19/c1-20-10-13-48(15-14-46(6)23(29(48)21(20)2)8-9-28-44(4)16-24(51)39(60)45(5,19-50)27(44)11-12-47(28,46)7)43(61)67-42-36(58)33(55)31(53)26(65-42)18-62-40-37(59)34(56)38(25(17-49)64-40)66-41-35(57)32(54)30(52)22(3)63-41/h8,20-22,24-42,49-60H,9-19H2,1-7H3/t20-,21-,22-,24+,25-,26+,27-,28-,29+,30-,31+,32-,33-,34-,35+,36+,37+,38-,39+,40-,41+,42-,44-,45+,46+,47+,48-/m1/s1. The van der Waals surface area contributed by atoms with E-state index in [1.165, 1.54) is 12.5 Å². The van der Waals surface area contributed by atoms with E-state index in [1.54, 1.807) is 0 Å². The van der Waals surface area contributed by atoms with Crippen LogP contribution in [0.1, 0.15) is 99.8 Å². The van der Waals surface area contributed by atoms with Crippen molar-refractivity contribution in [3.63, 3.8) is 0 Å². The summed E-state index contributed by atoms with van der Waals surface area (Å²) in [5.41, 5.74) is -1.64. The second-order valence-electron chi connectivity index (χ2n) is 22.9. The quantitative estimate of drug-likeness (QED) is 0.0971. The summed E-state index contributed by atoms with van der Waals surface area (Å²) in [6, 6.07) is 0. The molecule has 0 amide bonds. The fraction of sp³-hybridized carbons (Fsp3) is 0.938. The lowest BCUT2D eigenvalue weighted by Crippen LogP contribution is -2.68. The highest BCUT2D eigenvalue weighted by molar-refractivity contribution is 5.79. The third-order valence-corrected chi connectivity index (χ3v) is 19.7. The number of carbonyl (C=O) groups excluding carboxylic acids is 1. The molecule has 12 N–H and O–H groups in total. The Morgan fingerprint density at radius 1 is 0.701 bits per heavy atom. The van der Waals surface area contributed by atoms with Crippen molar-refractivity contribution in [1.29, 1.82) is 0 Å². The number of ether oxygens (including phenoxy) is 6. The molecule has 0 spiro atoms. The first-order valence-corrected chi connectivity index (χ1v) is 24.5. The molecule has 384 valence electrons. The molecule has 8 rings (SSSR count). The van der Waals surface area contributed by atoms with Crippen LogP contribution in [0.4, 0.5) is 0 Å². The molecule has 19 nitrogen and oxygen atoms in total. The fourth-order valence-electron chi connectivity index (χ4n) is 15.2. The van der Waals surface area contributed by atoms with Gasteiger partial charge in [0.15, 0.2) is 12.6 Å². The normalized spacial score (nSPS) is 56.7. The average molecular weight is 959 g/mol. The van der Waals surface area contributed by atoms with Gasteiger partial charge >= 0.3 is 5.97 Å². The molecule has 67 heavy (non-hydrogen) atoms. The van der Waals surface area contributed by atoms with Crippen LogP contribution in [0.2, 0.25) is 0 Å². The minimum Gasteiger partial charge on any atom is -0.432 e. The van der Waals surface area contributed by atoms with E-state index < -0.39 is 134 Å². The number of aliphatic hydroxyl groups excluding tert-OH is 12. The minimum absolute atomic E-state index is 0.0112. The number of fused-ring (bicyclic) bond motifs is 7. The summed E-state index contributed by atoms with van der Waals surface area (Å²) >= 11 is 0. The van der Waals surface area contributed by atoms with Crippen LogP contribution in [0, 0.1) is 56.7 Å². The molecule has 0 bridgehead atoms. The minimum atomic E-state index is -1.86. The Labute approximate surface area is 392 Å². The topological polar surface area (TPSA) is 315 Å². The van der Waals surface area contributed by atoms with Crippen LogP contribution < -0.4 is 0 Å². The van der Waals surface area contributed by atoms with Crippen LogP contribution in [-0.2, 0) is 33.2 Å². The maximum absolute atomic E-state index is 15.0. The smallest absolute Gasteiger partial charge is 0.315 e. The third-order valence-electron chi connectivity index (χ3n) is 19.7. The third kappa shape index (κ3) is 7.92. The Morgan fingerprint density at radius 3 is 2.01 bits per heavy atom. The van der Waals surface area contributed by atoms with Gasteiger partial charge in [-0.1, -0.05) is 53.2 Å². The van der Waals surface area contributed by atoms with Gasteiger partial charge in [0, 0.05) is 5.41 Å². The monoisotopic (exact) mass is 959 g/mol. The van der Waals surface area contributed by atoms with Gasteiger partial charge in [-0.25, -0.2) is 0 Å². The van der Waals surface area contributed by atoms with E-state index >= 15 is 4.79 Å². The average Bonchev–Trinajstić information content (AvgIpc) is 3.29. The fourth-order valence-corrected chi connectivity index (χ4v) is 15.2. The number of aliphatic hydroxyl groups is 12. The molecule has 0 aromatic carbocycles. The van der Waals surface area contributed by atoms with Crippen LogP contribution in [0.3, 0.4) is 0 Å². The molecule has 0 aromatic heterocycles. The lowest BCUT2D eigenvalue weighted by Gasteiger charge is -2.71. The Kier molecular flexibility index (Phi) is 14.4. The van der Waals surface area contributed by atoms with Gasteiger partial charge < -0.3 is 89.7 Å². The molecule has 5 aliphatic carbocycles. The molecule has 3 heterocycles. The van der Waals surface area contributed by atoms with Gasteiger partial charge in [0.25, 0.3) is 0 Å². The van der Waals surface area contributed by atoms with E-state index in [-0.39, 0.29) is 52.4 Å². The van der Waals surface area contributed by atoms with E-state index in [0.717, 1.165) is 19.3 Å². The Hall–Kier alpha value is -1.47. The summed E-state index contributed by atoms with van der Waals surface area (Å²) < 4.78 is 34.7. The first kappa shape index (κ1) is 51.9. The molecule has 3 aliphatic heterocycles. The lowest BCUT2D eigenvalue weighted by atomic mass is 9.33. The Balaban J connectivity index is 0.985. The van der Waals surface area contributed by atoms with Crippen molar-refractivity contribution in [2.24, 2.45) is 56.7 Å². The highest BCUT2D eigenvalue weighted by atomic mass is 16.8. The molecule has 0 radical (unpaired) electrons. The van der Waals surface area contributed by atoms with Gasteiger partial charge in [-0.3, -0.25) is 4.79 Å². The molecule has 0 unspecified atom stereocenters. The molecule has 4 saturated carbocycles. The van der Waals surface area contributed by atoms with Crippen LogP contribution in [0.25, 0.3) is 0 Å². The summed E-state index contributed by atoms with van der Waals surface area (Å²) in [5, 5.41) is 130. The maximum Gasteiger partial charge on any atom is 0.315 e. The van der Waals surface area contributed by atoms with Crippen LogP contribution in [-0.4, -0.2) is 191 Å². The molecule has 7 fully saturated rings. The molecule has 3 saturated heterocycles. The van der Waals surface area contributed by atoms with Gasteiger partial charge in [-0.05, 0) is 104 Å². The first-order valence-electron chi connectivity index (χ1n) is 24.5. The molecular formula is C48H78O19. The second kappa shape index (κ2) is 18.5. The lowest BCUT2D eigenvalue weighted by molar-refractivity contribution is -0.361. The van der Waals surface area contributed by atoms with Crippen LogP contribution in [0.15, 0.2) is 11.6 Å². The molecule has 27 atom stereocenters. The van der Waals surface area contributed by atoms with E-state index in [9.17, 15) is 61.3 Å². The van der Waals surface area contributed by atoms with Crippen molar-refractivity contribution in [2.45, 2.75) is 204 Å². The highest BCUT2D eigenvalue weighted by Gasteiger charge is 2.71. The summed E-state index contributed by atoms with van der Waals surface area (Å²) in [7, 11) is 0. The first-order chi connectivity index (χ1) is 31.4. The molecule has 19 heteroatoms. The van der Waals surface area contributed by atoms with Crippen molar-refractivity contribution in [2.75, 3.05) is 19.8 Å². The van der Waals surface area contributed by atoms with E-state index in [0.29, 0.717) is 32.1 Å². The van der Waals surface area contributed by atoms with Gasteiger partial charge in [0.2, 0.25) is 6.29 Å². The molecule has 8 aliphatic rings. The SMILES string of the molecule is C[C@@H]1[C@H](C)CC[C@@]2(C(=O)O[C@H]3O[C@@H](CO[C@@H]4O[C@H](CO)[C@@H](O[C@@H]5O[C@H](C)[C@@H](O)[C@@H](O)[C@@H]5O)[C@H](O)[C@@H]4O)[C@H](O)[C@@H](O)[C@@H]3O)CC[C@@]3(C)C(=CC[C@@H]4[C@]5(C)C[C@H](O)[C@H](O)[C@@](C)(CO)[C@@H]5CC[C@@]43C)[C@H]12. The highest BCUT2D eigenvalue weighted by Crippen LogP contribution is 2.76. The summed E-state index contributed by atoms with van der Waals surface area (Å²) in [6.07, 6.45) is -18.9. The number of rotatable bonds is 9. The van der Waals surface area contributed by atoms with Crippen molar-refractivity contribution in [3.8, 4) is 0 Å². The molecule has 0 aromatic rings. The summed E-state index contributed by atoms with van der Waals surface area (Å²) in [4.78, 5) is 15.0. The Bertz CT molecular complexity index is 1820. The second-order valence-corrected chi connectivity index (χ2v) is 22.9. The van der Waals surface area contributed by atoms with Crippen LogP contribution in [0.5, 0.6) is 0 Å². The van der Waals surface area contributed by atoms with Gasteiger partial charge in [0.05, 0.1) is 43.5 Å². The van der Waals surface area contributed by atoms with Gasteiger partial charge in [-0.2, -0.15) is 0 Å². The summed E-state index contributed by atoms with van der Waals surface area (Å²) in [6.45, 7) is 13.0. The summed E-state index contributed by atoms with van der Waals surface area (Å²) in [5.74, 6) is -0.386. The van der Waals surface area contributed by atoms with Crippen molar-refractivity contribution < 1.29 is 94.5 Å². The van der Waals surface area contributed by atoms with Gasteiger partial charge in [0.1, 0.15) is 67.1 Å². The zero-order chi connectivity index (χ0) is 49.1. The largest absolute Gasteiger partial charge is 0.432 e. The number of hydrogen-bond acceptors (Lipinski definition) is 19. The zero-order valence-corrected chi connectivity index (χ0v) is 39.8. The van der Waals surface area contributed by atoms with E-state index in [2.05, 4.69) is 40.7 Å². The number of hydrogen-bond donors (Lipinski definition) is 12. The predicted octanol–water partition coefficient (Wildman–Crippen LogP) is -1.03. The maximum atomic E-state index is 15.0. The van der Waals surface area contributed by atoms with Crippen molar-refractivity contribution in [3.05, 3.63) is 11.6 Å². The van der Waals surface area contributed by atoms with Crippen molar-refractivity contribution >= 4 is 5.97 Å². The van der Waals surface area contributed by atoms with E-state index in [4.69, 9.17) is 28.4 Å². The van der Waals surface area contributed by atoms with Gasteiger partial charge in [-0.15, -0.1) is 0 Å². The molecular weight excluding hydrogens is 881 g/mol.